The number of methoxy groups -OCH3 is 1. The summed E-state index contributed by atoms with van der Waals surface area (Å²) in [5, 5.41) is 8.08. The Morgan fingerprint density at radius 3 is 2.59 bits per heavy atom. The minimum atomic E-state index is -3.49. The zero-order valence-electron chi connectivity index (χ0n) is 21.0. The molecular formula is C27H30FN5O3S. The molecule has 1 aliphatic rings. The van der Waals surface area contributed by atoms with E-state index in [9.17, 15) is 12.8 Å². The Balaban J connectivity index is 1.37. The molecule has 0 spiro atoms. The molecular weight excluding hydrogens is 493 g/mol. The molecule has 0 aliphatic carbocycles. The number of hydrogen-bond donors (Lipinski definition) is 0. The van der Waals surface area contributed by atoms with Crippen LogP contribution < -0.4 is 4.74 Å². The number of rotatable bonds is 8. The van der Waals surface area contributed by atoms with Crippen LogP contribution in [0, 0.1) is 5.82 Å². The number of nitrogens with zero attached hydrogens (tertiary/aromatic N) is 5. The van der Waals surface area contributed by atoms with Crippen molar-refractivity contribution in [3.8, 4) is 16.9 Å². The number of likely N-dealkylation sites (tertiary alicyclic amines) is 1. The second-order valence-corrected chi connectivity index (χ2v) is 11.4. The van der Waals surface area contributed by atoms with Gasteiger partial charge in [-0.1, -0.05) is 13.0 Å². The van der Waals surface area contributed by atoms with Crippen LogP contribution in [0.5, 0.6) is 5.75 Å². The minimum Gasteiger partial charge on any atom is -0.496 e. The Morgan fingerprint density at radius 1 is 1.08 bits per heavy atom. The third kappa shape index (κ3) is 4.95. The fourth-order valence-corrected chi connectivity index (χ4v) is 6.66. The first-order valence-electron chi connectivity index (χ1n) is 12.5. The molecule has 5 rings (SSSR count). The van der Waals surface area contributed by atoms with Gasteiger partial charge in [-0.3, -0.25) is 4.40 Å². The van der Waals surface area contributed by atoms with Gasteiger partial charge in [0.25, 0.3) is 0 Å². The number of pyridine rings is 2. The van der Waals surface area contributed by atoms with E-state index in [-0.39, 0.29) is 10.8 Å². The second-order valence-electron chi connectivity index (χ2n) is 9.25. The van der Waals surface area contributed by atoms with E-state index in [1.54, 1.807) is 36.8 Å². The molecule has 10 heteroatoms. The third-order valence-corrected chi connectivity index (χ3v) is 9.40. The predicted molar refractivity (Wildman–Crippen MR) is 139 cm³/mol. The summed E-state index contributed by atoms with van der Waals surface area (Å²) in [6.45, 7) is 4.61. The molecule has 1 aliphatic heterocycles. The molecule has 0 bridgehead atoms. The van der Waals surface area contributed by atoms with Crippen molar-refractivity contribution in [1.82, 2.24) is 24.5 Å². The molecule has 194 valence electrons. The van der Waals surface area contributed by atoms with E-state index in [1.165, 1.54) is 13.2 Å². The van der Waals surface area contributed by atoms with E-state index in [4.69, 9.17) is 4.74 Å². The average Bonchev–Trinajstić information content (AvgIpc) is 3.43. The van der Waals surface area contributed by atoms with Crippen LogP contribution in [-0.2, 0) is 22.7 Å². The molecule has 0 saturated carbocycles. The summed E-state index contributed by atoms with van der Waals surface area (Å²) in [5.74, 6) is 0.224. The summed E-state index contributed by atoms with van der Waals surface area (Å²) in [7, 11) is -1.95. The van der Waals surface area contributed by atoms with Gasteiger partial charge in [-0.2, -0.15) is 0 Å². The van der Waals surface area contributed by atoms with Gasteiger partial charge in [-0.05, 0) is 81.7 Å². The van der Waals surface area contributed by atoms with E-state index in [0.717, 1.165) is 36.5 Å². The predicted octanol–water partition coefficient (Wildman–Crippen LogP) is 3.98. The van der Waals surface area contributed by atoms with Crippen molar-refractivity contribution in [2.75, 3.05) is 26.7 Å². The standard InChI is InChI=1S/C27H30FN5O3S/c1-3-32-15-13-21(14-16-32)37(34,35)26-12-7-19(17-29-26)22-10-8-20(33-18-30-31-27(22)33)9-11-23-24(28)5-4-6-25(23)36-2/h4-8,10,12,17-18,21H,3,9,11,13-16H2,1-2H3. The lowest BCUT2D eigenvalue weighted by atomic mass is 10.0. The number of aryl methyl sites for hydroxylation is 1. The van der Waals surface area contributed by atoms with E-state index >= 15 is 0 Å². The monoisotopic (exact) mass is 523 g/mol. The van der Waals surface area contributed by atoms with Crippen LogP contribution in [0.15, 0.2) is 60.0 Å². The third-order valence-electron chi connectivity index (χ3n) is 7.23. The van der Waals surface area contributed by atoms with Crippen molar-refractivity contribution in [1.29, 1.82) is 0 Å². The van der Waals surface area contributed by atoms with Gasteiger partial charge in [0.2, 0.25) is 0 Å². The number of ether oxygens (including phenoxy) is 1. The van der Waals surface area contributed by atoms with E-state index < -0.39 is 15.1 Å². The number of piperidine rings is 1. The van der Waals surface area contributed by atoms with Crippen molar-refractivity contribution >= 4 is 15.5 Å². The molecule has 1 fully saturated rings. The molecule has 4 heterocycles. The molecule has 1 aromatic carbocycles. The Bertz CT molecular complexity index is 1500. The maximum Gasteiger partial charge on any atom is 0.198 e. The highest BCUT2D eigenvalue weighted by atomic mass is 32.2. The molecule has 37 heavy (non-hydrogen) atoms. The first-order chi connectivity index (χ1) is 17.9. The molecule has 0 N–H and O–H groups in total. The maximum absolute atomic E-state index is 14.4. The van der Waals surface area contributed by atoms with Crippen LogP contribution in [0.4, 0.5) is 4.39 Å². The molecule has 0 unspecified atom stereocenters. The molecule has 0 amide bonds. The van der Waals surface area contributed by atoms with Crippen LogP contribution in [0.3, 0.4) is 0 Å². The van der Waals surface area contributed by atoms with Gasteiger partial charge >= 0.3 is 0 Å². The summed E-state index contributed by atoms with van der Waals surface area (Å²) in [6.07, 6.45) is 5.47. The fourth-order valence-electron chi connectivity index (χ4n) is 5.03. The van der Waals surface area contributed by atoms with Gasteiger partial charge in [-0.15, -0.1) is 10.2 Å². The van der Waals surface area contributed by atoms with Crippen molar-refractivity contribution in [2.24, 2.45) is 0 Å². The van der Waals surface area contributed by atoms with Crippen LogP contribution >= 0.6 is 0 Å². The lowest BCUT2D eigenvalue weighted by molar-refractivity contribution is 0.241. The normalized spacial score (nSPS) is 15.3. The number of aromatic nitrogens is 4. The summed E-state index contributed by atoms with van der Waals surface area (Å²) in [5.41, 5.74) is 3.61. The van der Waals surface area contributed by atoms with Gasteiger partial charge < -0.3 is 9.64 Å². The highest BCUT2D eigenvalue weighted by molar-refractivity contribution is 7.92. The summed E-state index contributed by atoms with van der Waals surface area (Å²) in [4.78, 5) is 6.61. The zero-order valence-corrected chi connectivity index (χ0v) is 21.8. The Morgan fingerprint density at radius 2 is 1.89 bits per heavy atom. The first-order valence-corrected chi connectivity index (χ1v) is 14.0. The van der Waals surface area contributed by atoms with Gasteiger partial charge in [0.05, 0.1) is 12.4 Å². The Labute approximate surface area is 216 Å². The van der Waals surface area contributed by atoms with Gasteiger partial charge in [0, 0.05) is 28.6 Å². The van der Waals surface area contributed by atoms with E-state index in [1.807, 2.05) is 16.5 Å². The highest BCUT2D eigenvalue weighted by Gasteiger charge is 2.32. The van der Waals surface area contributed by atoms with Gasteiger partial charge in [0.15, 0.2) is 20.5 Å². The first kappa shape index (κ1) is 25.3. The van der Waals surface area contributed by atoms with Crippen molar-refractivity contribution in [3.63, 3.8) is 0 Å². The quantitative estimate of drug-likeness (QED) is 0.345. The molecule has 3 aromatic heterocycles. The lowest BCUT2D eigenvalue weighted by Crippen LogP contribution is -2.39. The molecule has 8 nitrogen and oxygen atoms in total. The van der Waals surface area contributed by atoms with Gasteiger partial charge in [-0.25, -0.2) is 17.8 Å². The molecule has 4 aromatic rings. The van der Waals surface area contributed by atoms with Crippen LogP contribution in [-0.4, -0.2) is 64.9 Å². The zero-order chi connectivity index (χ0) is 26.0. The lowest BCUT2D eigenvalue weighted by Gasteiger charge is -2.30. The highest BCUT2D eigenvalue weighted by Crippen LogP contribution is 2.29. The van der Waals surface area contributed by atoms with Crippen LogP contribution in [0.25, 0.3) is 16.8 Å². The van der Waals surface area contributed by atoms with Crippen LogP contribution in [0.2, 0.25) is 0 Å². The van der Waals surface area contributed by atoms with Crippen LogP contribution in [0.1, 0.15) is 31.0 Å². The van der Waals surface area contributed by atoms with Crippen molar-refractivity contribution < 1.29 is 17.5 Å². The number of sulfone groups is 1. The Hall–Kier alpha value is -3.37. The van der Waals surface area contributed by atoms with E-state index in [2.05, 4.69) is 27.0 Å². The summed E-state index contributed by atoms with van der Waals surface area (Å²) >= 11 is 0. The molecule has 0 radical (unpaired) electrons. The molecule has 0 atom stereocenters. The van der Waals surface area contributed by atoms with Crippen molar-refractivity contribution in [2.45, 2.75) is 42.9 Å². The van der Waals surface area contributed by atoms with E-state index in [0.29, 0.717) is 42.6 Å². The van der Waals surface area contributed by atoms with Gasteiger partial charge in [0.1, 0.15) is 17.9 Å². The summed E-state index contributed by atoms with van der Waals surface area (Å²) in [6, 6.07) is 12.0. The average molecular weight is 524 g/mol. The number of hydrogen-bond acceptors (Lipinski definition) is 7. The molecule has 1 saturated heterocycles. The Kier molecular flexibility index (Phi) is 7.21. The fraction of sp³-hybridized carbons (Fsp3) is 0.370. The SMILES string of the molecule is CCN1CCC(S(=O)(=O)c2ccc(-c3ccc(CCc4c(F)cccc4OC)n4cnnc34)cn2)CC1. The number of halogens is 1. The smallest absolute Gasteiger partial charge is 0.198 e. The maximum atomic E-state index is 14.4. The number of fused-ring (bicyclic) bond motifs is 1. The summed E-state index contributed by atoms with van der Waals surface area (Å²) < 4.78 is 47.9. The number of benzene rings is 1. The van der Waals surface area contributed by atoms with Crippen molar-refractivity contribution in [3.05, 3.63) is 72.1 Å². The minimum absolute atomic E-state index is 0.110. The second kappa shape index (κ2) is 10.5. The largest absolute Gasteiger partial charge is 0.496 e. The topological polar surface area (TPSA) is 89.7 Å².